The molecule has 0 saturated heterocycles. The third kappa shape index (κ3) is 5.65. The second kappa shape index (κ2) is 7.43. The first-order chi connectivity index (χ1) is 9.38. The van der Waals surface area contributed by atoms with E-state index in [0.717, 1.165) is 9.88 Å². The van der Waals surface area contributed by atoms with E-state index in [2.05, 4.69) is 15.6 Å². The summed E-state index contributed by atoms with van der Waals surface area (Å²) in [4.78, 5) is 37.7. The Hall–Kier alpha value is -2.16. The van der Waals surface area contributed by atoms with Crippen LogP contribution in [-0.4, -0.2) is 39.2 Å². The van der Waals surface area contributed by atoms with Crippen LogP contribution in [0.4, 0.5) is 4.79 Å². The highest BCUT2D eigenvalue weighted by atomic mass is 32.1. The molecule has 1 aromatic heterocycles. The molecule has 110 valence electrons. The van der Waals surface area contributed by atoms with Crippen molar-refractivity contribution in [3.8, 4) is 0 Å². The lowest BCUT2D eigenvalue weighted by Gasteiger charge is -2.13. The quantitative estimate of drug-likeness (QED) is 0.582. The molecule has 20 heavy (non-hydrogen) atoms. The van der Waals surface area contributed by atoms with Gasteiger partial charge in [-0.1, -0.05) is 0 Å². The highest BCUT2D eigenvalue weighted by Gasteiger charge is 2.20. The first kappa shape index (κ1) is 15.9. The van der Waals surface area contributed by atoms with Gasteiger partial charge in [0.1, 0.15) is 6.04 Å². The number of aromatic nitrogens is 1. The molecule has 0 radical (unpaired) electrons. The van der Waals surface area contributed by atoms with Crippen molar-refractivity contribution in [2.24, 2.45) is 0 Å². The van der Waals surface area contributed by atoms with Crippen molar-refractivity contribution in [1.82, 2.24) is 15.6 Å². The topological polar surface area (TPSA) is 129 Å². The number of carboxylic acids is 2. The first-order valence-electron chi connectivity index (χ1n) is 5.78. The second-order valence-corrected chi connectivity index (χ2v) is 5.32. The fourth-order valence-corrected chi connectivity index (χ4v) is 2.12. The van der Waals surface area contributed by atoms with Crippen molar-refractivity contribution < 1.29 is 24.6 Å². The largest absolute Gasteiger partial charge is 0.481 e. The van der Waals surface area contributed by atoms with Crippen molar-refractivity contribution >= 4 is 29.3 Å². The Morgan fingerprint density at radius 2 is 2.10 bits per heavy atom. The minimum atomic E-state index is -1.27. The Morgan fingerprint density at radius 3 is 2.60 bits per heavy atom. The number of urea groups is 1. The molecular weight excluding hydrogens is 286 g/mol. The van der Waals surface area contributed by atoms with Crippen LogP contribution in [0.15, 0.2) is 6.20 Å². The maximum atomic E-state index is 11.5. The maximum Gasteiger partial charge on any atom is 0.326 e. The van der Waals surface area contributed by atoms with Gasteiger partial charge in [0.25, 0.3) is 0 Å². The number of nitrogens with one attached hydrogen (secondary N) is 2. The number of rotatable bonds is 7. The van der Waals surface area contributed by atoms with Gasteiger partial charge in [-0.25, -0.2) is 14.6 Å². The van der Waals surface area contributed by atoms with Crippen molar-refractivity contribution in [3.05, 3.63) is 16.1 Å². The van der Waals surface area contributed by atoms with Crippen LogP contribution in [0.25, 0.3) is 0 Å². The summed E-state index contributed by atoms with van der Waals surface area (Å²) in [7, 11) is 0. The Labute approximate surface area is 118 Å². The summed E-state index contributed by atoms with van der Waals surface area (Å²) in [6.07, 6.45) is 1.13. The van der Waals surface area contributed by atoms with Crippen LogP contribution in [0.1, 0.15) is 22.7 Å². The maximum absolute atomic E-state index is 11.5. The fraction of sp³-hybridized carbons (Fsp3) is 0.455. The normalized spacial score (nSPS) is 11.7. The number of aliphatic carboxylic acids is 2. The molecule has 8 nitrogen and oxygen atoms in total. The van der Waals surface area contributed by atoms with Crippen LogP contribution in [0, 0.1) is 6.92 Å². The van der Waals surface area contributed by atoms with Crippen molar-refractivity contribution in [2.45, 2.75) is 32.4 Å². The lowest BCUT2D eigenvalue weighted by molar-refractivity contribution is -0.140. The van der Waals surface area contributed by atoms with Gasteiger partial charge in [0, 0.05) is 17.5 Å². The van der Waals surface area contributed by atoms with Gasteiger partial charge in [-0.2, -0.15) is 0 Å². The van der Waals surface area contributed by atoms with E-state index in [1.807, 2.05) is 6.92 Å². The van der Waals surface area contributed by atoms with Crippen LogP contribution in [0.5, 0.6) is 0 Å². The third-order valence-electron chi connectivity index (χ3n) is 2.34. The Kier molecular flexibility index (Phi) is 5.91. The van der Waals surface area contributed by atoms with Crippen molar-refractivity contribution in [1.29, 1.82) is 0 Å². The number of carboxylic acid groups (broad SMARTS) is 2. The van der Waals surface area contributed by atoms with Gasteiger partial charge >= 0.3 is 18.0 Å². The minimum absolute atomic E-state index is 0.169. The lowest BCUT2D eigenvalue weighted by Crippen LogP contribution is -2.45. The predicted octanol–water partition coefficient (Wildman–Crippen LogP) is 0.569. The number of hydrogen-bond acceptors (Lipinski definition) is 5. The highest BCUT2D eigenvalue weighted by molar-refractivity contribution is 7.11. The van der Waals surface area contributed by atoms with Crippen molar-refractivity contribution in [3.63, 3.8) is 0 Å². The van der Waals surface area contributed by atoms with Gasteiger partial charge in [0.05, 0.1) is 11.6 Å². The number of nitrogens with zero attached hydrogens (tertiary/aromatic N) is 1. The van der Waals surface area contributed by atoms with E-state index < -0.39 is 24.0 Å². The number of carbonyl (C=O) groups is 3. The third-order valence-corrected chi connectivity index (χ3v) is 3.26. The summed E-state index contributed by atoms with van der Waals surface area (Å²) < 4.78 is 0. The molecule has 1 rings (SSSR count). The lowest BCUT2D eigenvalue weighted by atomic mass is 10.1. The molecule has 1 atom stereocenters. The van der Waals surface area contributed by atoms with Crippen LogP contribution in [0.2, 0.25) is 0 Å². The summed E-state index contributed by atoms with van der Waals surface area (Å²) >= 11 is 1.42. The average Bonchev–Trinajstić information content (AvgIpc) is 2.77. The molecule has 0 fully saturated rings. The van der Waals surface area contributed by atoms with E-state index in [1.54, 1.807) is 6.20 Å². The molecule has 0 saturated carbocycles. The number of carbonyl (C=O) groups excluding carboxylic acids is 1. The molecule has 4 N–H and O–H groups in total. The fourth-order valence-electron chi connectivity index (χ4n) is 1.39. The van der Waals surface area contributed by atoms with Gasteiger partial charge in [0.15, 0.2) is 0 Å². The van der Waals surface area contributed by atoms with Crippen LogP contribution < -0.4 is 10.6 Å². The number of amides is 2. The van der Waals surface area contributed by atoms with Gasteiger partial charge in [0.2, 0.25) is 0 Å². The highest BCUT2D eigenvalue weighted by Crippen LogP contribution is 2.10. The molecular formula is C11H15N3O5S. The molecule has 1 unspecified atom stereocenters. The Morgan fingerprint density at radius 1 is 1.40 bits per heavy atom. The smallest absolute Gasteiger partial charge is 0.326 e. The Bertz CT molecular complexity index is 502. The summed E-state index contributed by atoms with van der Waals surface area (Å²) in [5, 5.41) is 23.0. The summed E-state index contributed by atoms with van der Waals surface area (Å²) in [5.74, 6) is -2.38. The van der Waals surface area contributed by atoms with Crippen molar-refractivity contribution in [2.75, 3.05) is 0 Å². The molecule has 0 aliphatic carbocycles. The molecule has 0 aliphatic heterocycles. The van der Waals surface area contributed by atoms with Gasteiger partial charge in [-0.15, -0.1) is 11.3 Å². The van der Waals surface area contributed by atoms with E-state index in [-0.39, 0.29) is 19.4 Å². The SMILES string of the molecule is Cc1ncc(CNC(=O)NC(CCC(=O)O)C(=O)O)s1. The van der Waals surface area contributed by atoms with Gasteiger partial charge in [-0.05, 0) is 13.3 Å². The number of hydrogen-bond donors (Lipinski definition) is 4. The summed E-state index contributed by atoms with van der Waals surface area (Å²) in [5.41, 5.74) is 0. The molecule has 0 aromatic carbocycles. The van der Waals surface area contributed by atoms with Gasteiger partial charge < -0.3 is 20.8 Å². The molecule has 2 amide bonds. The zero-order valence-electron chi connectivity index (χ0n) is 10.8. The standard InChI is InChI=1S/C11H15N3O5S/c1-6-12-4-7(20-6)5-13-11(19)14-8(10(17)18)2-3-9(15)16/h4,8H,2-3,5H2,1H3,(H,15,16)(H,17,18)(H2,13,14,19). The summed E-state index contributed by atoms with van der Waals surface area (Å²) in [6.45, 7) is 2.07. The van der Waals surface area contributed by atoms with Crippen LogP contribution in [0.3, 0.4) is 0 Å². The van der Waals surface area contributed by atoms with Crippen LogP contribution >= 0.6 is 11.3 Å². The molecule has 0 aliphatic rings. The monoisotopic (exact) mass is 301 g/mol. The molecule has 9 heteroatoms. The molecule has 1 aromatic rings. The van der Waals surface area contributed by atoms with E-state index in [4.69, 9.17) is 10.2 Å². The van der Waals surface area contributed by atoms with Crippen LogP contribution in [-0.2, 0) is 16.1 Å². The zero-order chi connectivity index (χ0) is 15.1. The van der Waals surface area contributed by atoms with E-state index >= 15 is 0 Å². The van der Waals surface area contributed by atoms with E-state index in [1.165, 1.54) is 11.3 Å². The van der Waals surface area contributed by atoms with Gasteiger partial charge in [-0.3, -0.25) is 4.79 Å². The second-order valence-electron chi connectivity index (χ2n) is 4.00. The van der Waals surface area contributed by atoms with E-state index in [9.17, 15) is 14.4 Å². The predicted molar refractivity (Wildman–Crippen MR) is 70.5 cm³/mol. The molecule has 0 bridgehead atoms. The Balaban J connectivity index is 2.41. The van der Waals surface area contributed by atoms with E-state index in [0.29, 0.717) is 0 Å². The molecule has 0 spiro atoms. The minimum Gasteiger partial charge on any atom is -0.481 e. The number of aryl methyl sites for hydroxylation is 1. The number of thiazole rings is 1. The molecule has 1 heterocycles. The zero-order valence-corrected chi connectivity index (χ0v) is 11.6. The first-order valence-corrected chi connectivity index (χ1v) is 6.60. The summed E-state index contributed by atoms with van der Waals surface area (Å²) in [6, 6.07) is -1.89. The average molecular weight is 301 g/mol.